The topological polar surface area (TPSA) is 74.0 Å². The van der Waals surface area contributed by atoms with Gasteiger partial charge < -0.3 is 10.1 Å². The molecule has 7 heteroatoms. The van der Waals surface area contributed by atoms with Gasteiger partial charge in [-0.2, -0.15) is 10.2 Å². The Bertz CT molecular complexity index is 1060. The van der Waals surface area contributed by atoms with E-state index in [0.29, 0.717) is 19.0 Å². The van der Waals surface area contributed by atoms with Crippen LogP contribution in [0.15, 0.2) is 24.5 Å². The molecule has 28 heavy (non-hydrogen) atoms. The monoisotopic (exact) mass is 379 g/mol. The Morgan fingerprint density at radius 2 is 2.11 bits per heavy atom. The van der Waals surface area contributed by atoms with Crippen LogP contribution in [0, 0.1) is 12.8 Å². The fourth-order valence-electron chi connectivity index (χ4n) is 3.98. The second-order valence-electron chi connectivity index (χ2n) is 8.11. The number of aromatic nitrogens is 4. The molecular weight excluding hydrogens is 354 g/mol. The van der Waals surface area contributed by atoms with Crippen LogP contribution in [0.2, 0.25) is 0 Å². The predicted molar refractivity (Wildman–Crippen MR) is 106 cm³/mol. The van der Waals surface area contributed by atoms with Crippen LogP contribution in [-0.2, 0) is 11.8 Å². The maximum absolute atomic E-state index is 11.6. The standard InChI is InChI=1S/C21H25N5O2/c1-12-21-18(24-25(12)3)6-14(16-10-23-26(11-16)17-4-5-17)7-19(21)28-13(2)15-8-20(27)22-9-15/h6-7,10-11,13,15,17H,4-5,8-9H2,1-3H3,(H,22,27)/t13-,15?/m1/s1. The maximum atomic E-state index is 11.6. The number of aryl methyl sites for hydroxylation is 2. The number of hydrogen-bond donors (Lipinski definition) is 1. The number of nitrogens with one attached hydrogen (secondary N) is 1. The third-order valence-electron chi connectivity index (χ3n) is 6.03. The lowest BCUT2D eigenvalue weighted by Gasteiger charge is -2.20. The average Bonchev–Trinajstić information content (AvgIpc) is 3.09. The second-order valence-corrected chi connectivity index (χ2v) is 8.11. The van der Waals surface area contributed by atoms with Crippen molar-refractivity contribution < 1.29 is 9.53 Å². The van der Waals surface area contributed by atoms with Crippen LogP contribution >= 0.6 is 0 Å². The Labute approximate surface area is 163 Å². The minimum Gasteiger partial charge on any atom is -0.490 e. The van der Waals surface area contributed by atoms with E-state index in [4.69, 9.17) is 4.74 Å². The van der Waals surface area contributed by atoms with Crippen molar-refractivity contribution in [3.05, 3.63) is 30.2 Å². The van der Waals surface area contributed by atoms with Crippen LogP contribution in [0.4, 0.5) is 0 Å². The zero-order valence-corrected chi connectivity index (χ0v) is 16.5. The molecule has 0 bridgehead atoms. The molecule has 2 aromatic heterocycles. The number of carbonyl (C=O) groups is 1. The first-order valence-electron chi connectivity index (χ1n) is 9.95. The summed E-state index contributed by atoms with van der Waals surface area (Å²) in [5, 5.41) is 13.1. The highest BCUT2D eigenvalue weighted by Crippen LogP contribution is 2.38. The summed E-state index contributed by atoms with van der Waals surface area (Å²) in [6.45, 7) is 4.77. The van der Waals surface area contributed by atoms with Gasteiger partial charge >= 0.3 is 0 Å². The molecule has 1 unspecified atom stereocenters. The van der Waals surface area contributed by atoms with E-state index in [1.807, 2.05) is 24.9 Å². The van der Waals surface area contributed by atoms with E-state index in [1.165, 1.54) is 12.8 Å². The first kappa shape index (κ1) is 17.3. The van der Waals surface area contributed by atoms with Crippen LogP contribution in [0.3, 0.4) is 0 Å². The van der Waals surface area contributed by atoms with Gasteiger partial charge in [0.1, 0.15) is 11.9 Å². The molecule has 146 valence electrons. The molecule has 1 aliphatic heterocycles. The van der Waals surface area contributed by atoms with Gasteiger partial charge in [0.25, 0.3) is 0 Å². The predicted octanol–water partition coefficient (Wildman–Crippen LogP) is 2.98. The number of fused-ring (bicyclic) bond motifs is 1. The number of benzene rings is 1. The summed E-state index contributed by atoms with van der Waals surface area (Å²) in [4.78, 5) is 11.6. The van der Waals surface area contributed by atoms with Crippen LogP contribution in [0.1, 0.15) is 37.9 Å². The Kier molecular flexibility index (Phi) is 3.92. The Balaban J connectivity index is 1.54. The smallest absolute Gasteiger partial charge is 0.220 e. The van der Waals surface area contributed by atoms with Gasteiger partial charge in [-0.05, 0) is 44.4 Å². The summed E-state index contributed by atoms with van der Waals surface area (Å²) in [6, 6.07) is 4.75. The number of carbonyl (C=O) groups excluding carboxylic acids is 1. The molecule has 7 nitrogen and oxygen atoms in total. The van der Waals surface area contributed by atoms with Gasteiger partial charge in [-0.3, -0.25) is 14.2 Å². The molecule has 1 N–H and O–H groups in total. The fourth-order valence-corrected chi connectivity index (χ4v) is 3.98. The third kappa shape index (κ3) is 2.95. The molecule has 2 aliphatic rings. The summed E-state index contributed by atoms with van der Waals surface area (Å²) in [5.41, 5.74) is 4.12. The fraction of sp³-hybridized carbons (Fsp3) is 0.476. The van der Waals surface area contributed by atoms with E-state index in [-0.39, 0.29) is 17.9 Å². The number of hydrogen-bond acceptors (Lipinski definition) is 4. The van der Waals surface area contributed by atoms with Crippen molar-refractivity contribution in [3.8, 4) is 16.9 Å². The van der Waals surface area contributed by atoms with E-state index in [1.54, 1.807) is 0 Å². The number of rotatable bonds is 5. The molecule has 1 amide bonds. The number of amides is 1. The lowest BCUT2D eigenvalue weighted by atomic mass is 10.0. The Morgan fingerprint density at radius 3 is 2.82 bits per heavy atom. The SMILES string of the molecule is Cc1c2c(O[C@H](C)C3CNC(=O)C3)cc(-c3cnn(C4CC4)c3)cc2nn1C. The van der Waals surface area contributed by atoms with Gasteiger partial charge in [-0.25, -0.2) is 0 Å². The molecule has 0 radical (unpaired) electrons. The summed E-state index contributed by atoms with van der Waals surface area (Å²) < 4.78 is 10.4. The molecule has 3 aromatic rings. The van der Waals surface area contributed by atoms with Crippen molar-refractivity contribution in [1.82, 2.24) is 24.9 Å². The maximum Gasteiger partial charge on any atom is 0.220 e. The van der Waals surface area contributed by atoms with Gasteiger partial charge in [0.15, 0.2) is 0 Å². The van der Waals surface area contributed by atoms with Crippen LogP contribution < -0.4 is 10.1 Å². The molecule has 5 rings (SSSR count). The van der Waals surface area contributed by atoms with E-state index in [2.05, 4.69) is 45.4 Å². The van der Waals surface area contributed by atoms with Crippen molar-refractivity contribution in [2.45, 2.75) is 45.3 Å². The summed E-state index contributed by atoms with van der Waals surface area (Å²) >= 11 is 0. The van der Waals surface area contributed by atoms with Crippen molar-refractivity contribution in [2.24, 2.45) is 13.0 Å². The van der Waals surface area contributed by atoms with Crippen LogP contribution in [0.25, 0.3) is 22.0 Å². The van der Waals surface area contributed by atoms with E-state index in [9.17, 15) is 4.79 Å². The molecule has 1 aliphatic carbocycles. The molecule has 3 heterocycles. The van der Waals surface area contributed by atoms with Crippen molar-refractivity contribution in [1.29, 1.82) is 0 Å². The molecule has 0 spiro atoms. The minimum absolute atomic E-state index is 0.0637. The first-order valence-corrected chi connectivity index (χ1v) is 9.95. The average molecular weight is 379 g/mol. The van der Waals surface area contributed by atoms with Crippen molar-refractivity contribution >= 4 is 16.8 Å². The zero-order valence-electron chi connectivity index (χ0n) is 16.5. The minimum atomic E-state index is -0.0637. The van der Waals surface area contributed by atoms with Gasteiger partial charge in [0.05, 0.1) is 23.1 Å². The van der Waals surface area contributed by atoms with Crippen molar-refractivity contribution in [2.75, 3.05) is 6.54 Å². The lowest BCUT2D eigenvalue weighted by molar-refractivity contribution is -0.119. The quantitative estimate of drug-likeness (QED) is 0.740. The van der Waals surface area contributed by atoms with E-state index in [0.717, 1.165) is 33.5 Å². The highest BCUT2D eigenvalue weighted by Gasteiger charge is 2.29. The van der Waals surface area contributed by atoms with Crippen LogP contribution in [0.5, 0.6) is 5.75 Å². The molecule has 1 saturated carbocycles. The Morgan fingerprint density at radius 1 is 1.29 bits per heavy atom. The lowest BCUT2D eigenvalue weighted by Crippen LogP contribution is -2.25. The molecule has 1 aromatic carbocycles. The van der Waals surface area contributed by atoms with Crippen molar-refractivity contribution in [3.63, 3.8) is 0 Å². The first-order chi connectivity index (χ1) is 13.5. The largest absolute Gasteiger partial charge is 0.490 e. The molecule has 1 saturated heterocycles. The summed E-state index contributed by atoms with van der Waals surface area (Å²) in [5.74, 6) is 1.11. The summed E-state index contributed by atoms with van der Waals surface area (Å²) in [7, 11) is 1.95. The highest BCUT2D eigenvalue weighted by atomic mass is 16.5. The van der Waals surface area contributed by atoms with Gasteiger partial charge in [-0.15, -0.1) is 0 Å². The zero-order chi connectivity index (χ0) is 19.4. The Hall–Kier alpha value is -2.83. The van der Waals surface area contributed by atoms with E-state index < -0.39 is 0 Å². The molecule has 2 atom stereocenters. The highest BCUT2D eigenvalue weighted by molar-refractivity contribution is 5.92. The molecule has 2 fully saturated rings. The van der Waals surface area contributed by atoms with Crippen LogP contribution in [-0.4, -0.2) is 38.1 Å². The normalized spacial score (nSPS) is 20.5. The number of nitrogens with zero attached hydrogens (tertiary/aromatic N) is 4. The number of ether oxygens (including phenoxy) is 1. The van der Waals surface area contributed by atoms with Gasteiger partial charge in [0.2, 0.25) is 5.91 Å². The third-order valence-corrected chi connectivity index (χ3v) is 6.03. The summed E-state index contributed by atoms with van der Waals surface area (Å²) in [6.07, 6.45) is 6.90. The van der Waals surface area contributed by atoms with Gasteiger partial charge in [-0.1, -0.05) is 0 Å². The molecular formula is C21H25N5O2. The van der Waals surface area contributed by atoms with Gasteiger partial charge in [0, 0.05) is 43.4 Å². The second kappa shape index (κ2) is 6.36. The van der Waals surface area contributed by atoms with E-state index >= 15 is 0 Å².